The minimum absolute atomic E-state index is 0.0879. The number of para-hydroxylation sites is 1. The van der Waals surface area contributed by atoms with Gasteiger partial charge >= 0.3 is 0 Å². The van der Waals surface area contributed by atoms with Crippen LogP contribution < -0.4 is 4.90 Å². The highest BCUT2D eigenvalue weighted by Crippen LogP contribution is 2.46. The van der Waals surface area contributed by atoms with Crippen molar-refractivity contribution in [2.75, 3.05) is 4.90 Å². The van der Waals surface area contributed by atoms with Crippen LogP contribution in [0.4, 0.5) is 14.5 Å². The van der Waals surface area contributed by atoms with Crippen molar-refractivity contribution in [1.82, 2.24) is 0 Å². The van der Waals surface area contributed by atoms with Gasteiger partial charge in [-0.25, -0.2) is 8.78 Å². The van der Waals surface area contributed by atoms with Gasteiger partial charge in [0, 0.05) is 12.0 Å². The molecule has 3 aromatic carbocycles. The van der Waals surface area contributed by atoms with E-state index in [1.165, 1.54) is 47.4 Å². The van der Waals surface area contributed by atoms with E-state index in [-0.39, 0.29) is 36.0 Å². The maximum atomic E-state index is 14.4. The van der Waals surface area contributed by atoms with Crippen molar-refractivity contribution in [2.24, 2.45) is 5.92 Å². The van der Waals surface area contributed by atoms with Gasteiger partial charge in [-0.3, -0.25) is 9.59 Å². The summed E-state index contributed by atoms with van der Waals surface area (Å²) in [7, 11) is 0. The molecule has 2 atom stereocenters. The number of hydrogen-bond donors (Lipinski definition) is 1. The maximum absolute atomic E-state index is 14.4. The van der Waals surface area contributed by atoms with Gasteiger partial charge in [-0.05, 0) is 60.5 Å². The monoisotopic (exact) mass is 407 g/mol. The minimum Gasteiger partial charge on any atom is -0.508 e. The lowest BCUT2D eigenvalue weighted by atomic mass is 9.78. The zero-order valence-corrected chi connectivity index (χ0v) is 16.0. The van der Waals surface area contributed by atoms with Crippen LogP contribution in [0.1, 0.15) is 34.8 Å². The predicted molar refractivity (Wildman–Crippen MR) is 108 cm³/mol. The molecule has 0 aliphatic carbocycles. The number of aromatic hydroxyl groups is 1. The molecule has 152 valence electrons. The molecular formula is C24H19F2NO3. The first-order valence-electron chi connectivity index (χ1n) is 9.61. The molecule has 3 aromatic rings. The van der Waals surface area contributed by atoms with E-state index in [0.717, 1.165) is 5.56 Å². The molecular weight excluding hydrogens is 388 g/mol. The quantitative estimate of drug-likeness (QED) is 0.460. The number of carbonyl (C=O) groups is 2. The molecule has 1 aliphatic heterocycles. The second kappa shape index (κ2) is 8.06. The number of Topliss-reactive ketones (excluding diaryl/α,β-unsaturated/α-hetero) is 1. The molecule has 1 amide bonds. The third-order valence-corrected chi connectivity index (χ3v) is 5.41. The lowest BCUT2D eigenvalue weighted by Gasteiger charge is -2.47. The predicted octanol–water partition coefficient (Wildman–Crippen LogP) is 5.04. The maximum Gasteiger partial charge on any atom is 0.233 e. The molecule has 0 spiro atoms. The smallest absolute Gasteiger partial charge is 0.233 e. The van der Waals surface area contributed by atoms with Crippen molar-refractivity contribution < 1.29 is 23.5 Å². The summed E-state index contributed by atoms with van der Waals surface area (Å²) < 4.78 is 27.4. The molecule has 1 fully saturated rings. The van der Waals surface area contributed by atoms with E-state index in [0.29, 0.717) is 5.56 Å². The van der Waals surface area contributed by atoms with Crippen LogP contribution in [0.25, 0.3) is 0 Å². The number of halogens is 2. The summed E-state index contributed by atoms with van der Waals surface area (Å²) in [4.78, 5) is 26.8. The topological polar surface area (TPSA) is 57.6 Å². The summed E-state index contributed by atoms with van der Waals surface area (Å²) in [6.45, 7) is 0. The lowest BCUT2D eigenvalue weighted by molar-refractivity contribution is -0.130. The summed E-state index contributed by atoms with van der Waals surface area (Å²) in [5, 5.41) is 9.58. The summed E-state index contributed by atoms with van der Waals surface area (Å²) >= 11 is 0. The summed E-state index contributed by atoms with van der Waals surface area (Å²) in [5.74, 6) is -1.78. The van der Waals surface area contributed by atoms with E-state index in [2.05, 4.69) is 0 Å². The summed E-state index contributed by atoms with van der Waals surface area (Å²) in [5.41, 5.74) is 1.31. The Labute approximate surface area is 172 Å². The Morgan fingerprint density at radius 3 is 2.27 bits per heavy atom. The molecule has 6 heteroatoms. The molecule has 1 saturated heterocycles. The Kier molecular flexibility index (Phi) is 5.31. The number of ketones is 1. The second-order valence-electron chi connectivity index (χ2n) is 7.27. The van der Waals surface area contributed by atoms with Crippen molar-refractivity contribution >= 4 is 17.4 Å². The first kappa shape index (κ1) is 19.8. The Bertz CT molecular complexity index is 1080. The Balaban J connectivity index is 1.57. The number of rotatable bonds is 6. The van der Waals surface area contributed by atoms with Crippen molar-refractivity contribution in [3.05, 3.63) is 95.6 Å². The number of amides is 1. The average molecular weight is 407 g/mol. The van der Waals surface area contributed by atoms with E-state index < -0.39 is 23.6 Å². The normalized spacial score (nSPS) is 18.2. The van der Waals surface area contributed by atoms with Gasteiger partial charge in [0.15, 0.2) is 5.78 Å². The molecule has 0 radical (unpaired) electrons. The molecule has 0 unspecified atom stereocenters. The fourth-order valence-corrected chi connectivity index (χ4v) is 3.87. The summed E-state index contributed by atoms with van der Waals surface area (Å²) in [6.07, 6.45) is 0.396. The number of anilines is 1. The van der Waals surface area contributed by atoms with Gasteiger partial charge in [0.2, 0.25) is 5.91 Å². The Morgan fingerprint density at radius 2 is 1.60 bits per heavy atom. The van der Waals surface area contributed by atoms with E-state index in [4.69, 9.17) is 0 Å². The van der Waals surface area contributed by atoms with E-state index in [9.17, 15) is 23.5 Å². The van der Waals surface area contributed by atoms with Crippen molar-refractivity contribution in [2.45, 2.75) is 18.9 Å². The molecule has 4 nitrogen and oxygen atoms in total. The van der Waals surface area contributed by atoms with E-state index in [1.807, 2.05) is 0 Å². The molecule has 0 aromatic heterocycles. The first-order valence-corrected chi connectivity index (χ1v) is 9.61. The highest BCUT2D eigenvalue weighted by Gasteiger charge is 2.49. The van der Waals surface area contributed by atoms with Crippen LogP contribution in [0.3, 0.4) is 0 Å². The van der Waals surface area contributed by atoms with Crippen LogP contribution in [0, 0.1) is 17.6 Å². The third kappa shape index (κ3) is 3.68. The fraction of sp³-hybridized carbons (Fsp3) is 0.167. The van der Waals surface area contributed by atoms with Crippen molar-refractivity contribution in [1.29, 1.82) is 0 Å². The lowest BCUT2D eigenvalue weighted by Crippen LogP contribution is -2.55. The minimum atomic E-state index is -0.504. The van der Waals surface area contributed by atoms with Crippen LogP contribution in [0.15, 0.2) is 72.8 Å². The first-order chi connectivity index (χ1) is 14.5. The van der Waals surface area contributed by atoms with Crippen LogP contribution in [0.2, 0.25) is 0 Å². The number of phenolic OH excluding ortho intramolecular Hbond substituents is 1. The molecule has 4 rings (SSSR count). The Morgan fingerprint density at radius 1 is 0.933 bits per heavy atom. The van der Waals surface area contributed by atoms with Gasteiger partial charge in [-0.15, -0.1) is 0 Å². The number of phenols is 1. The molecule has 0 bridgehead atoms. The highest BCUT2D eigenvalue weighted by atomic mass is 19.1. The fourth-order valence-electron chi connectivity index (χ4n) is 3.87. The molecule has 1 aliphatic rings. The van der Waals surface area contributed by atoms with E-state index in [1.54, 1.807) is 30.3 Å². The second-order valence-corrected chi connectivity index (χ2v) is 7.27. The Hall–Kier alpha value is -3.54. The molecule has 1 heterocycles. The van der Waals surface area contributed by atoms with E-state index >= 15 is 0 Å². The SMILES string of the molecule is O=C(CC[C@H]1C(=O)N(c2ccccc2F)[C@@H]1c1ccc(O)cc1)c1ccc(F)cc1. The number of carbonyl (C=O) groups excluding carboxylic acids is 2. The van der Waals surface area contributed by atoms with Crippen LogP contribution >= 0.6 is 0 Å². The molecule has 30 heavy (non-hydrogen) atoms. The number of hydrogen-bond acceptors (Lipinski definition) is 3. The summed E-state index contributed by atoms with van der Waals surface area (Å²) in [6, 6.07) is 17.3. The molecule has 0 saturated carbocycles. The van der Waals surface area contributed by atoms with Gasteiger partial charge in [-0.2, -0.15) is 0 Å². The molecule has 1 N–H and O–H groups in total. The standard InChI is InChI=1S/C24H19F2NO3/c25-17-9-5-15(6-10-17)22(29)14-13-19-23(16-7-11-18(28)12-8-16)27(24(19)30)21-4-2-1-3-20(21)26/h1-12,19,23,28H,13-14H2/t19-,23-/m1/s1. The average Bonchev–Trinajstić information content (AvgIpc) is 2.74. The number of nitrogens with zero attached hydrogens (tertiary/aromatic N) is 1. The van der Waals surface area contributed by atoms with Crippen LogP contribution in [-0.2, 0) is 4.79 Å². The van der Waals surface area contributed by atoms with Crippen molar-refractivity contribution in [3.8, 4) is 5.75 Å². The van der Waals surface area contributed by atoms with Gasteiger partial charge in [-0.1, -0.05) is 24.3 Å². The van der Waals surface area contributed by atoms with Gasteiger partial charge in [0.05, 0.1) is 17.6 Å². The van der Waals surface area contributed by atoms with Crippen molar-refractivity contribution in [3.63, 3.8) is 0 Å². The van der Waals surface area contributed by atoms with Crippen LogP contribution in [0.5, 0.6) is 5.75 Å². The zero-order valence-electron chi connectivity index (χ0n) is 16.0. The van der Waals surface area contributed by atoms with Crippen LogP contribution in [-0.4, -0.2) is 16.8 Å². The highest BCUT2D eigenvalue weighted by molar-refractivity contribution is 6.04. The zero-order chi connectivity index (χ0) is 21.3. The largest absolute Gasteiger partial charge is 0.508 e. The van der Waals surface area contributed by atoms with Gasteiger partial charge in [0.25, 0.3) is 0 Å². The number of benzene rings is 3. The van der Waals surface area contributed by atoms with Gasteiger partial charge in [0.1, 0.15) is 17.4 Å². The van der Waals surface area contributed by atoms with Gasteiger partial charge < -0.3 is 10.0 Å². The number of β-lactam (4-membered cyclic amide) rings is 1. The third-order valence-electron chi connectivity index (χ3n) is 5.41.